The van der Waals surface area contributed by atoms with E-state index in [0.29, 0.717) is 17.9 Å². The van der Waals surface area contributed by atoms with Gasteiger partial charge in [-0.3, -0.25) is 4.79 Å². The van der Waals surface area contributed by atoms with Gasteiger partial charge in [-0.15, -0.1) is 11.8 Å². The van der Waals surface area contributed by atoms with Gasteiger partial charge in [0, 0.05) is 11.4 Å². The van der Waals surface area contributed by atoms with Gasteiger partial charge in [0.05, 0.1) is 17.4 Å². The molecule has 0 aliphatic carbocycles. The normalized spacial score (nSPS) is 9.90. The van der Waals surface area contributed by atoms with Crippen molar-refractivity contribution in [3.63, 3.8) is 0 Å². The Balaban J connectivity index is 1.79. The molecule has 0 aliphatic rings. The van der Waals surface area contributed by atoms with E-state index in [0.717, 1.165) is 10.5 Å². The lowest BCUT2D eigenvalue weighted by Crippen LogP contribution is -2.24. The summed E-state index contributed by atoms with van der Waals surface area (Å²) in [5, 5.41) is 11.7. The van der Waals surface area contributed by atoms with Gasteiger partial charge in [-0.2, -0.15) is 5.26 Å². The number of hydrogen-bond acceptors (Lipinski definition) is 3. The third-order valence-corrected chi connectivity index (χ3v) is 3.95. The van der Waals surface area contributed by atoms with Crippen molar-refractivity contribution < 1.29 is 4.79 Å². The Morgan fingerprint density at radius 3 is 2.71 bits per heavy atom. The van der Waals surface area contributed by atoms with E-state index in [1.165, 1.54) is 17.3 Å². The van der Waals surface area contributed by atoms with E-state index in [4.69, 9.17) is 5.26 Å². The summed E-state index contributed by atoms with van der Waals surface area (Å²) in [4.78, 5) is 12.9. The Labute approximate surface area is 129 Å². The standard InChI is InChI=1S/C17H16N2OS/c1-13-5-7-16(8-6-13)21-12-17(20)19-11-15-4-2-3-14(9-15)10-18/h2-9H,11-12H2,1H3,(H,19,20). The van der Waals surface area contributed by atoms with Crippen LogP contribution in [0.3, 0.4) is 0 Å². The Hall–Kier alpha value is -2.25. The molecule has 0 heterocycles. The second-order valence-corrected chi connectivity index (χ2v) is 5.74. The van der Waals surface area contributed by atoms with Crippen molar-refractivity contribution in [1.82, 2.24) is 5.32 Å². The van der Waals surface area contributed by atoms with Crippen molar-refractivity contribution in [3.8, 4) is 6.07 Å². The molecule has 0 atom stereocenters. The number of nitrogens with zero attached hydrogens (tertiary/aromatic N) is 1. The predicted octanol–water partition coefficient (Wildman–Crippen LogP) is 3.28. The maximum atomic E-state index is 11.8. The fourth-order valence-electron chi connectivity index (χ4n) is 1.79. The molecular formula is C17H16N2OS. The molecule has 0 radical (unpaired) electrons. The first-order chi connectivity index (χ1) is 10.2. The second-order valence-electron chi connectivity index (χ2n) is 4.69. The Bertz CT molecular complexity index is 659. The maximum Gasteiger partial charge on any atom is 0.230 e. The molecule has 0 saturated heterocycles. The highest BCUT2D eigenvalue weighted by Crippen LogP contribution is 2.17. The SMILES string of the molecule is Cc1ccc(SCC(=O)NCc2cccc(C#N)c2)cc1. The second kappa shape index (κ2) is 7.51. The van der Waals surface area contributed by atoms with Crippen LogP contribution < -0.4 is 5.32 Å². The largest absolute Gasteiger partial charge is 0.351 e. The van der Waals surface area contributed by atoms with Crippen LogP contribution in [-0.4, -0.2) is 11.7 Å². The zero-order valence-corrected chi connectivity index (χ0v) is 12.6. The molecule has 106 valence electrons. The molecular weight excluding hydrogens is 280 g/mol. The highest BCUT2D eigenvalue weighted by molar-refractivity contribution is 8.00. The Kier molecular flexibility index (Phi) is 5.42. The number of nitriles is 1. The first-order valence-corrected chi connectivity index (χ1v) is 7.61. The van der Waals surface area contributed by atoms with Gasteiger partial charge in [0.15, 0.2) is 0 Å². The average Bonchev–Trinajstić information content (AvgIpc) is 2.52. The molecule has 0 unspecified atom stereocenters. The van der Waals surface area contributed by atoms with Crippen molar-refractivity contribution in [1.29, 1.82) is 5.26 Å². The molecule has 2 rings (SSSR count). The lowest BCUT2D eigenvalue weighted by atomic mass is 10.1. The number of aryl methyl sites for hydroxylation is 1. The molecule has 0 aliphatic heterocycles. The smallest absolute Gasteiger partial charge is 0.230 e. The zero-order valence-electron chi connectivity index (χ0n) is 11.8. The fourth-order valence-corrected chi connectivity index (χ4v) is 2.51. The summed E-state index contributed by atoms with van der Waals surface area (Å²) in [6.07, 6.45) is 0. The number of amides is 1. The first-order valence-electron chi connectivity index (χ1n) is 6.62. The van der Waals surface area contributed by atoms with E-state index >= 15 is 0 Å². The van der Waals surface area contributed by atoms with E-state index in [1.54, 1.807) is 12.1 Å². The van der Waals surface area contributed by atoms with Crippen LogP contribution >= 0.6 is 11.8 Å². The van der Waals surface area contributed by atoms with Crippen molar-refractivity contribution in [3.05, 3.63) is 65.2 Å². The summed E-state index contributed by atoms with van der Waals surface area (Å²) in [6.45, 7) is 2.49. The third-order valence-electron chi connectivity index (χ3n) is 2.94. The van der Waals surface area contributed by atoms with Gasteiger partial charge in [-0.1, -0.05) is 29.8 Å². The minimum atomic E-state index is -0.0112. The lowest BCUT2D eigenvalue weighted by molar-refractivity contribution is -0.118. The first kappa shape index (κ1) is 15.1. The van der Waals surface area contributed by atoms with E-state index in [-0.39, 0.29) is 5.91 Å². The van der Waals surface area contributed by atoms with Crippen molar-refractivity contribution in [2.75, 3.05) is 5.75 Å². The van der Waals surface area contributed by atoms with Gasteiger partial charge < -0.3 is 5.32 Å². The van der Waals surface area contributed by atoms with E-state index in [9.17, 15) is 4.79 Å². The van der Waals surface area contributed by atoms with Gasteiger partial charge in [-0.05, 0) is 36.8 Å². The maximum absolute atomic E-state index is 11.8. The van der Waals surface area contributed by atoms with Crippen LogP contribution in [0.25, 0.3) is 0 Å². The van der Waals surface area contributed by atoms with Crippen molar-refractivity contribution >= 4 is 17.7 Å². The highest BCUT2D eigenvalue weighted by atomic mass is 32.2. The number of benzene rings is 2. The van der Waals surface area contributed by atoms with Gasteiger partial charge in [-0.25, -0.2) is 0 Å². The monoisotopic (exact) mass is 296 g/mol. The van der Waals surface area contributed by atoms with Crippen LogP contribution in [0.1, 0.15) is 16.7 Å². The molecule has 0 saturated carbocycles. The number of carbonyl (C=O) groups excluding carboxylic acids is 1. The zero-order chi connectivity index (χ0) is 15.1. The summed E-state index contributed by atoms with van der Waals surface area (Å²) >= 11 is 1.52. The molecule has 21 heavy (non-hydrogen) atoms. The number of carbonyl (C=O) groups is 1. The quantitative estimate of drug-likeness (QED) is 0.862. The molecule has 0 fully saturated rings. The Morgan fingerprint density at radius 2 is 2.00 bits per heavy atom. The fraction of sp³-hybridized carbons (Fsp3) is 0.176. The van der Waals surface area contributed by atoms with Crippen molar-refractivity contribution in [2.24, 2.45) is 0 Å². The molecule has 2 aromatic carbocycles. The van der Waals surface area contributed by atoms with E-state index in [1.807, 2.05) is 43.3 Å². The topological polar surface area (TPSA) is 52.9 Å². The van der Waals surface area contributed by atoms with Crippen LogP contribution in [0.2, 0.25) is 0 Å². The summed E-state index contributed by atoms with van der Waals surface area (Å²) in [6, 6.07) is 17.4. The van der Waals surface area contributed by atoms with E-state index in [2.05, 4.69) is 11.4 Å². The summed E-state index contributed by atoms with van der Waals surface area (Å²) in [5.41, 5.74) is 2.75. The number of hydrogen-bond donors (Lipinski definition) is 1. The minimum Gasteiger partial charge on any atom is -0.351 e. The third kappa shape index (κ3) is 4.97. The molecule has 1 amide bonds. The summed E-state index contributed by atoms with van der Waals surface area (Å²) < 4.78 is 0. The van der Waals surface area contributed by atoms with Gasteiger partial charge in [0.1, 0.15) is 0 Å². The predicted molar refractivity (Wildman–Crippen MR) is 84.9 cm³/mol. The number of thioether (sulfide) groups is 1. The highest BCUT2D eigenvalue weighted by Gasteiger charge is 2.03. The molecule has 0 spiro atoms. The van der Waals surface area contributed by atoms with Gasteiger partial charge in [0.25, 0.3) is 0 Å². The van der Waals surface area contributed by atoms with Crippen LogP contribution in [0.4, 0.5) is 0 Å². The minimum absolute atomic E-state index is 0.0112. The van der Waals surface area contributed by atoms with E-state index < -0.39 is 0 Å². The van der Waals surface area contributed by atoms with Crippen LogP contribution in [0.15, 0.2) is 53.4 Å². The molecule has 0 bridgehead atoms. The summed E-state index contributed by atoms with van der Waals surface area (Å²) in [5.74, 6) is 0.379. The summed E-state index contributed by atoms with van der Waals surface area (Å²) in [7, 11) is 0. The van der Waals surface area contributed by atoms with Crippen molar-refractivity contribution in [2.45, 2.75) is 18.4 Å². The molecule has 0 aromatic heterocycles. The van der Waals surface area contributed by atoms with Gasteiger partial charge in [0.2, 0.25) is 5.91 Å². The van der Waals surface area contributed by atoms with Crippen LogP contribution in [0, 0.1) is 18.3 Å². The molecule has 1 N–H and O–H groups in total. The Morgan fingerprint density at radius 1 is 1.24 bits per heavy atom. The number of rotatable bonds is 5. The van der Waals surface area contributed by atoms with Gasteiger partial charge >= 0.3 is 0 Å². The van der Waals surface area contributed by atoms with Crippen LogP contribution in [-0.2, 0) is 11.3 Å². The average molecular weight is 296 g/mol. The van der Waals surface area contributed by atoms with Crippen LogP contribution in [0.5, 0.6) is 0 Å². The molecule has 3 nitrogen and oxygen atoms in total. The molecule has 4 heteroatoms. The lowest BCUT2D eigenvalue weighted by Gasteiger charge is -2.06. The molecule has 2 aromatic rings. The number of nitrogens with one attached hydrogen (secondary N) is 1.